The number of hydrogen-bond donors (Lipinski definition) is 1. The maximum atomic E-state index is 5.34. The molecule has 0 fully saturated rings. The van der Waals surface area contributed by atoms with E-state index in [4.69, 9.17) is 5.73 Å². The standard InChI is InChI=1S/C4H8N4.ClH/c1-2-8-3-6-7-4(8)5;/h3H,2H2,1H3,(H2,5,7);1H. The minimum absolute atomic E-state index is 0. The molecular weight excluding hydrogens is 140 g/mol. The molecule has 1 heterocycles. The van der Waals surface area contributed by atoms with Crippen LogP contribution in [0.25, 0.3) is 0 Å². The fraction of sp³-hybridized carbons (Fsp3) is 0.500. The number of nitrogens with two attached hydrogens (primary N) is 1. The van der Waals surface area contributed by atoms with Crippen molar-refractivity contribution in [1.82, 2.24) is 14.8 Å². The Kier molecular flexibility index (Phi) is 3.01. The van der Waals surface area contributed by atoms with Gasteiger partial charge in [-0.25, -0.2) is 0 Å². The van der Waals surface area contributed by atoms with E-state index in [-0.39, 0.29) is 12.4 Å². The van der Waals surface area contributed by atoms with Crippen LogP contribution in [0.3, 0.4) is 0 Å². The summed E-state index contributed by atoms with van der Waals surface area (Å²) in [5.41, 5.74) is 5.34. The van der Waals surface area contributed by atoms with E-state index in [2.05, 4.69) is 10.2 Å². The topological polar surface area (TPSA) is 56.7 Å². The van der Waals surface area contributed by atoms with Gasteiger partial charge < -0.3 is 10.3 Å². The molecule has 1 aromatic heterocycles. The van der Waals surface area contributed by atoms with Gasteiger partial charge in [0.05, 0.1) is 0 Å². The summed E-state index contributed by atoms with van der Waals surface area (Å²) in [7, 11) is 0. The van der Waals surface area contributed by atoms with Gasteiger partial charge >= 0.3 is 0 Å². The van der Waals surface area contributed by atoms with Gasteiger partial charge in [0.15, 0.2) is 0 Å². The third-order valence-electron chi connectivity index (χ3n) is 0.986. The van der Waals surface area contributed by atoms with E-state index in [1.165, 1.54) is 0 Å². The second kappa shape index (κ2) is 3.29. The zero-order valence-electron chi connectivity index (χ0n) is 5.11. The van der Waals surface area contributed by atoms with E-state index < -0.39 is 0 Å². The number of hydrogen-bond acceptors (Lipinski definition) is 3. The molecule has 9 heavy (non-hydrogen) atoms. The molecule has 4 nitrogen and oxygen atoms in total. The molecule has 0 radical (unpaired) electrons. The molecule has 0 spiro atoms. The van der Waals surface area contributed by atoms with E-state index in [1.54, 1.807) is 10.9 Å². The van der Waals surface area contributed by atoms with E-state index >= 15 is 0 Å². The van der Waals surface area contributed by atoms with Gasteiger partial charge in [0.2, 0.25) is 5.95 Å². The van der Waals surface area contributed by atoms with Crippen molar-refractivity contribution in [2.75, 3.05) is 5.73 Å². The van der Waals surface area contributed by atoms with E-state index in [1.807, 2.05) is 6.92 Å². The van der Waals surface area contributed by atoms with Crippen LogP contribution in [0.15, 0.2) is 6.33 Å². The van der Waals surface area contributed by atoms with Gasteiger partial charge in [-0.1, -0.05) is 0 Å². The summed E-state index contributed by atoms with van der Waals surface area (Å²) in [5, 5.41) is 7.16. The minimum atomic E-state index is 0. The minimum Gasteiger partial charge on any atom is -0.368 e. The van der Waals surface area contributed by atoms with Gasteiger partial charge in [-0.3, -0.25) is 0 Å². The highest BCUT2D eigenvalue weighted by molar-refractivity contribution is 5.85. The highest BCUT2D eigenvalue weighted by Gasteiger charge is 1.91. The van der Waals surface area contributed by atoms with Gasteiger partial charge in [-0.05, 0) is 6.92 Å². The average Bonchev–Trinajstić information content (AvgIpc) is 2.14. The summed E-state index contributed by atoms with van der Waals surface area (Å²) in [5.74, 6) is 0.479. The third-order valence-corrected chi connectivity index (χ3v) is 0.986. The highest BCUT2D eigenvalue weighted by atomic mass is 35.5. The zero-order valence-corrected chi connectivity index (χ0v) is 5.93. The summed E-state index contributed by atoms with van der Waals surface area (Å²) in [6.45, 7) is 2.82. The number of anilines is 1. The summed E-state index contributed by atoms with van der Waals surface area (Å²) in [6.07, 6.45) is 1.61. The van der Waals surface area contributed by atoms with Crippen LogP contribution in [0, 0.1) is 0 Å². The van der Waals surface area contributed by atoms with Crippen molar-refractivity contribution in [2.45, 2.75) is 13.5 Å². The molecular formula is C4H9ClN4. The fourth-order valence-corrected chi connectivity index (χ4v) is 0.508. The van der Waals surface area contributed by atoms with E-state index in [9.17, 15) is 0 Å². The molecule has 0 amide bonds. The number of nitrogen functional groups attached to an aromatic ring is 1. The van der Waals surface area contributed by atoms with Gasteiger partial charge in [-0.15, -0.1) is 22.6 Å². The highest BCUT2D eigenvalue weighted by Crippen LogP contribution is 1.92. The predicted octanol–water partition coefficient (Wildman–Crippen LogP) is 0.302. The van der Waals surface area contributed by atoms with Crippen molar-refractivity contribution in [3.63, 3.8) is 0 Å². The first-order chi connectivity index (χ1) is 3.84. The normalized spacial score (nSPS) is 8.56. The first kappa shape index (κ1) is 8.23. The molecule has 0 aromatic carbocycles. The molecule has 52 valence electrons. The molecule has 0 bridgehead atoms. The fourth-order valence-electron chi connectivity index (χ4n) is 0.508. The summed E-state index contributed by atoms with van der Waals surface area (Å²) in [4.78, 5) is 0. The predicted molar refractivity (Wildman–Crippen MR) is 37.4 cm³/mol. The quantitative estimate of drug-likeness (QED) is 0.624. The van der Waals surface area contributed by atoms with Gasteiger partial charge in [0.1, 0.15) is 6.33 Å². The monoisotopic (exact) mass is 148 g/mol. The molecule has 0 saturated heterocycles. The lowest BCUT2D eigenvalue weighted by Crippen LogP contribution is -1.98. The lowest BCUT2D eigenvalue weighted by molar-refractivity contribution is 0.770. The maximum Gasteiger partial charge on any atom is 0.221 e. The molecule has 0 saturated carbocycles. The van der Waals surface area contributed by atoms with Crippen LogP contribution in [-0.2, 0) is 6.54 Å². The van der Waals surface area contributed by atoms with Crippen molar-refractivity contribution in [3.8, 4) is 0 Å². The molecule has 0 unspecified atom stereocenters. The Bertz CT molecular complexity index is 173. The molecule has 0 atom stereocenters. The molecule has 1 aromatic rings. The number of rotatable bonds is 1. The Balaban J connectivity index is 0.000000640. The molecule has 0 aliphatic carbocycles. The van der Waals surface area contributed by atoms with Crippen LogP contribution in [-0.4, -0.2) is 14.8 Å². The van der Waals surface area contributed by atoms with Crippen molar-refractivity contribution in [2.24, 2.45) is 0 Å². The number of aromatic nitrogens is 3. The molecule has 5 heteroatoms. The average molecular weight is 149 g/mol. The van der Waals surface area contributed by atoms with Gasteiger partial charge in [-0.2, -0.15) is 0 Å². The molecule has 0 aliphatic rings. The van der Waals surface area contributed by atoms with Crippen LogP contribution >= 0.6 is 12.4 Å². The Morgan fingerprint density at radius 2 is 2.44 bits per heavy atom. The van der Waals surface area contributed by atoms with E-state index in [0.29, 0.717) is 5.95 Å². The Morgan fingerprint density at radius 1 is 1.78 bits per heavy atom. The van der Waals surface area contributed by atoms with Crippen LogP contribution in [0.2, 0.25) is 0 Å². The SMILES string of the molecule is CCn1cnnc1N.Cl. The second-order valence-electron chi connectivity index (χ2n) is 1.48. The van der Waals surface area contributed by atoms with E-state index in [0.717, 1.165) is 6.54 Å². The van der Waals surface area contributed by atoms with Gasteiger partial charge in [0, 0.05) is 6.54 Å². The molecule has 2 N–H and O–H groups in total. The second-order valence-corrected chi connectivity index (χ2v) is 1.48. The van der Waals surface area contributed by atoms with Crippen molar-refractivity contribution >= 4 is 18.4 Å². The smallest absolute Gasteiger partial charge is 0.221 e. The Hall–Kier alpha value is -0.770. The van der Waals surface area contributed by atoms with Crippen molar-refractivity contribution in [3.05, 3.63) is 6.33 Å². The lowest BCUT2D eigenvalue weighted by Gasteiger charge is -1.92. The Labute approximate surface area is 59.5 Å². The first-order valence-corrected chi connectivity index (χ1v) is 2.48. The van der Waals surface area contributed by atoms with Crippen molar-refractivity contribution in [1.29, 1.82) is 0 Å². The largest absolute Gasteiger partial charge is 0.368 e. The summed E-state index contributed by atoms with van der Waals surface area (Å²) in [6, 6.07) is 0. The number of halogens is 1. The van der Waals surface area contributed by atoms with Crippen LogP contribution in [0.1, 0.15) is 6.92 Å². The van der Waals surface area contributed by atoms with Crippen molar-refractivity contribution < 1.29 is 0 Å². The summed E-state index contributed by atoms with van der Waals surface area (Å²) >= 11 is 0. The Morgan fingerprint density at radius 3 is 2.67 bits per heavy atom. The van der Waals surface area contributed by atoms with Crippen LogP contribution in [0.4, 0.5) is 5.95 Å². The van der Waals surface area contributed by atoms with Gasteiger partial charge in [0.25, 0.3) is 0 Å². The van der Waals surface area contributed by atoms with Crippen LogP contribution in [0.5, 0.6) is 0 Å². The van der Waals surface area contributed by atoms with Crippen LogP contribution < -0.4 is 5.73 Å². The first-order valence-electron chi connectivity index (χ1n) is 2.48. The lowest BCUT2D eigenvalue weighted by atomic mass is 10.7. The number of aryl methyl sites for hydroxylation is 1. The maximum absolute atomic E-state index is 5.34. The molecule has 0 aliphatic heterocycles. The third kappa shape index (κ3) is 1.57. The molecule has 1 rings (SSSR count). The zero-order chi connectivity index (χ0) is 5.98. The summed E-state index contributed by atoms with van der Waals surface area (Å²) < 4.78 is 1.76. The number of nitrogens with zero attached hydrogens (tertiary/aromatic N) is 3.